The third-order valence-electron chi connectivity index (χ3n) is 3.46. The number of nitrogens with one attached hydrogen (secondary N) is 1. The Kier molecular flexibility index (Phi) is 4.22. The maximum Gasteiger partial charge on any atom is 0.416 e. The molecule has 7 heteroatoms. The first kappa shape index (κ1) is 16.6. The maximum absolute atomic E-state index is 12.8. The molecule has 1 amide bonds. The van der Waals surface area contributed by atoms with Crippen LogP contribution in [0.4, 0.5) is 18.9 Å². The van der Waals surface area contributed by atoms with E-state index in [4.69, 9.17) is 4.42 Å². The summed E-state index contributed by atoms with van der Waals surface area (Å²) in [5.41, 5.74) is -0.400. The molecule has 2 N–H and O–H groups in total. The average molecular weight is 347 g/mol. The van der Waals surface area contributed by atoms with Gasteiger partial charge in [0.1, 0.15) is 11.5 Å². The van der Waals surface area contributed by atoms with Gasteiger partial charge < -0.3 is 14.8 Å². The highest BCUT2D eigenvalue weighted by Crippen LogP contribution is 2.32. The summed E-state index contributed by atoms with van der Waals surface area (Å²) in [6.45, 7) is 0. The number of amides is 1. The highest BCUT2D eigenvalue weighted by Gasteiger charge is 2.30. The van der Waals surface area contributed by atoms with Gasteiger partial charge in [0.15, 0.2) is 5.76 Å². The zero-order valence-corrected chi connectivity index (χ0v) is 12.7. The Balaban J connectivity index is 1.83. The van der Waals surface area contributed by atoms with Crippen LogP contribution in [0.15, 0.2) is 65.1 Å². The predicted molar refractivity (Wildman–Crippen MR) is 85.2 cm³/mol. The molecule has 0 saturated carbocycles. The molecule has 0 saturated heterocycles. The third-order valence-corrected chi connectivity index (χ3v) is 3.46. The van der Waals surface area contributed by atoms with E-state index in [0.717, 1.165) is 12.1 Å². The number of halogens is 3. The molecule has 2 aromatic carbocycles. The Labute approximate surface area is 140 Å². The van der Waals surface area contributed by atoms with E-state index < -0.39 is 17.6 Å². The summed E-state index contributed by atoms with van der Waals surface area (Å²) in [7, 11) is 0. The molecule has 0 aliphatic heterocycles. The normalized spacial score (nSPS) is 11.3. The molecule has 0 radical (unpaired) electrons. The highest BCUT2D eigenvalue weighted by molar-refractivity contribution is 6.03. The lowest BCUT2D eigenvalue weighted by Crippen LogP contribution is -2.10. The third kappa shape index (κ3) is 3.65. The second-order valence-corrected chi connectivity index (χ2v) is 5.21. The number of phenols is 1. The lowest BCUT2D eigenvalue weighted by molar-refractivity contribution is -0.137. The van der Waals surface area contributed by atoms with E-state index in [9.17, 15) is 23.1 Å². The number of para-hydroxylation sites is 2. The van der Waals surface area contributed by atoms with Crippen molar-refractivity contribution in [2.75, 3.05) is 5.32 Å². The molecule has 1 aromatic heterocycles. The fourth-order valence-corrected chi connectivity index (χ4v) is 2.23. The number of aromatic hydroxyl groups is 1. The van der Waals surface area contributed by atoms with Crippen LogP contribution in [0.5, 0.6) is 5.75 Å². The fourth-order valence-electron chi connectivity index (χ4n) is 2.23. The molecule has 0 atom stereocenters. The van der Waals surface area contributed by atoms with Gasteiger partial charge in [-0.1, -0.05) is 24.3 Å². The van der Waals surface area contributed by atoms with E-state index in [1.54, 1.807) is 12.1 Å². The van der Waals surface area contributed by atoms with Crippen LogP contribution in [0.3, 0.4) is 0 Å². The zero-order chi connectivity index (χ0) is 18.0. The van der Waals surface area contributed by atoms with Gasteiger partial charge in [-0.15, -0.1) is 0 Å². The number of carbonyl (C=O) groups is 1. The van der Waals surface area contributed by atoms with Gasteiger partial charge in [0.05, 0.1) is 11.3 Å². The second-order valence-electron chi connectivity index (χ2n) is 5.21. The molecule has 1 heterocycles. The lowest BCUT2D eigenvalue weighted by atomic mass is 10.1. The van der Waals surface area contributed by atoms with Crippen molar-refractivity contribution >= 4 is 11.6 Å². The van der Waals surface area contributed by atoms with Crippen molar-refractivity contribution in [2.45, 2.75) is 6.18 Å². The van der Waals surface area contributed by atoms with E-state index in [1.807, 2.05) is 0 Å². The lowest BCUT2D eigenvalue weighted by Gasteiger charge is -2.07. The number of alkyl halides is 3. The minimum absolute atomic E-state index is 0.0873. The van der Waals surface area contributed by atoms with Crippen LogP contribution in [0.2, 0.25) is 0 Å². The van der Waals surface area contributed by atoms with Gasteiger partial charge in [0.25, 0.3) is 5.91 Å². The number of phenolic OH excluding ortho intramolecular Hbond substituents is 1. The van der Waals surface area contributed by atoms with Crippen molar-refractivity contribution in [3.05, 3.63) is 72.0 Å². The Morgan fingerprint density at radius 3 is 2.48 bits per heavy atom. The smallest absolute Gasteiger partial charge is 0.416 e. The monoisotopic (exact) mass is 347 g/mol. The molecule has 0 fully saturated rings. The number of benzene rings is 2. The fraction of sp³-hybridized carbons (Fsp3) is 0.0556. The van der Waals surface area contributed by atoms with Gasteiger partial charge in [-0.25, -0.2) is 0 Å². The van der Waals surface area contributed by atoms with Crippen molar-refractivity contribution in [3.63, 3.8) is 0 Å². The van der Waals surface area contributed by atoms with Crippen LogP contribution in [0.1, 0.15) is 16.1 Å². The number of rotatable bonds is 3. The number of carbonyl (C=O) groups excluding carboxylic acids is 1. The molecule has 0 spiro atoms. The SMILES string of the molecule is O=C(Nc1ccccc1O)c1ccc(-c2cccc(C(F)(F)F)c2)o1. The van der Waals surface area contributed by atoms with E-state index in [-0.39, 0.29) is 28.5 Å². The van der Waals surface area contributed by atoms with E-state index in [0.29, 0.717) is 0 Å². The molecule has 3 aromatic rings. The summed E-state index contributed by atoms with van der Waals surface area (Å²) in [5, 5.41) is 12.1. The maximum atomic E-state index is 12.8. The number of hydrogen-bond acceptors (Lipinski definition) is 3. The van der Waals surface area contributed by atoms with Crippen LogP contribution in [0.25, 0.3) is 11.3 Å². The first-order chi connectivity index (χ1) is 11.8. The van der Waals surface area contributed by atoms with Crippen LogP contribution in [-0.4, -0.2) is 11.0 Å². The molecule has 0 unspecified atom stereocenters. The summed E-state index contributed by atoms with van der Waals surface area (Å²) in [4.78, 5) is 12.1. The molecule has 3 rings (SSSR count). The molecule has 0 bridgehead atoms. The standard InChI is InChI=1S/C18H12F3NO3/c19-18(20,21)12-5-3-4-11(10-12)15-8-9-16(25-15)17(24)22-13-6-1-2-7-14(13)23/h1-10,23H,(H,22,24). The Morgan fingerprint density at radius 2 is 1.76 bits per heavy atom. The van der Waals surface area contributed by atoms with Gasteiger partial charge in [-0.3, -0.25) is 4.79 Å². The molecule has 0 aliphatic rings. The summed E-state index contributed by atoms with van der Waals surface area (Å²) >= 11 is 0. The number of hydrogen-bond donors (Lipinski definition) is 2. The first-order valence-electron chi connectivity index (χ1n) is 7.21. The number of furan rings is 1. The Hall–Kier alpha value is -3.22. The predicted octanol–water partition coefficient (Wildman–Crippen LogP) is 4.92. The van der Waals surface area contributed by atoms with Crippen molar-refractivity contribution < 1.29 is 27.5 Å². The highest BCUT2D eigenvalue weighted by atomic mass is 19.4. The summed E-state index contributed by atoms with van der Waals surface area (Å²) in [6.07, 6.45) is -4.46. The Bertz CT molecular complexity index is 916. The molecule has 0 aliphatic carbocycles. The average Bonchev–Trinajstić information content (AvgIpc) is 3.06. The minimum atomic E-state index is -4.46. The number of anilines is 1. The summed E-state index contributed by atoms with van der Waals surface area (Å²) in [6, 6.07) is 13.5. The van der Waals surface area contributed by atoms with E-state index in [2.05, 4.69) is 5.32 Å². The minimum Gasteiger partial charge on any atom is -0.506 e. The van der Waals surface area contributed by atoms with Crippen LogP contribution in [-0.2, 0) is 6.18 Å². The van der Waals surface area contributed by atoms with Crippen molar-refractivity contribution in [1.82, 2.24) is 0 Å². The molecule has 128 valence electrons. The first-order valence-corrected chi connectivity index (χ1v) is 7.21. The molecular weight excluding hydrogens is 335 g/mol. The van der Waals surface area contributed by atoms with Gasteiger partial charge in [-0.2, -0.15) is 13.2 Å². The van der Waals surface area contributed by atoms with Crippen molar-refractivity contribution in [1.29, 1.82) is 0 Å². The topological polar surface area (TPSA) is 62.5 Å². The molecule has 25 heavy (non-hydrogen) atoms. The van der Waals surface area contributed by atoms with E-state index >= 15 is 0 Å². The van der Waals surface area contributed by atoms with Gasteiger partial charge in [0, 0.05) is 5.56 Å². The zero-order valence-electron chi connectivity index (χ0n) is 12.7. The van der Waals surface area contributed by atoms with Crippen LogP contribution in [0, 0.1) is 0 Å². The van der Waals surface area contributed by atoms with Gasteiger partial charge in [0.2, 0.25) is 0 Å². The van der Waals surface area contributed by atoms with Crippen molar-refractivity contribution in [3.8, 4) is 17.1 Å². The molecule has 4 nitrogen and oxygen atoms in total. The van der Waals surface area contributed by atoms with Crippen LogP contribution < -0.4 is 5.32 Å². The second kappa shape index (κ2) is 6.35. The van der Waals surface area contributed by atoms with E-state index in [1.165, 1.54) is 36.4 Å². The molecular formula is C18H12F3NO3. The summed E-state index contributed by atoms with van der Waals surface area (Å²) in [5.74, 6) is -0.690. The van der Waals surface area contributed by atoms with Gasteiger partial charge in [-0.05, 0) is 36.4 Å². The van der Waals surface area contributed by atoms with Gasteiger partial charge >= 0.3 is 6.18 Å². The largest absolute Gasteiger partial charge is 0.506 e. The van der Waals surface area contributed by atoms with Crippen LogP contribution >= 0.6 is 0 Å². The Morgan fingerprint density at radius 1 is 1.00 bits per heavy atom. The summed E-state index contributed by atoms with van der Waals surface area (Å²) < 4.78 is 43.7. The van der Waals surface area contributed by atoms with Crippen molar-refractivity contribution in [2.24, 2.45) is 0 Å². The quantitative estimate of drug-likeness (QED) is 0.661.